The molecule has 0 spiro atoms. The lowest BCUT2D eigenvalue weighted by Crippen LogP contribution is -2.47. The third-order valence-electron chi connectivity index (χ3n) is 3.91. The number of rotatable bonds is 4. The summed E-state index contributed by atoms with van der Waals surface area (Å²) in [4.78, 5) is 0. The first kappa shape index (κ1) is 15.4. The molecular weight excluding hydrogens is 300 g/mol. The monoisotopic (exact) mass is 320 g/mol. The van der Waals surface area contributed by atoms with Gasteiger partial charge in [0.25, 0.3) is 10.2 Å². The number of hydrogen-bond donors (Lipinski definition) is 0. The number of fused-ring (bicyclic) bond motifs is 1. The van der Waals surface area contributed by atoms with Crippen LogP contribution in [0.2, 0.25) is 0 Å². The van der Waals surface area contributed by atoms with Crippen molar-refractivity contribution in [2.45, 2.75) is 6.54 Å². The Hall–Kier alpha value is -1.47. The maximum Gasteiger partial charge on any atom is 0.282 e. The SMILES string of the molecule is CN(Cc1ccc2ccccc2c1)S(=O)(=O)N1CCOCC1. The molecule has 2 aromatic carbocycles. The number of nitrogens with zero attached hydrogens (tertiary/aromatic N) is 2. The van der Waals surface area contributed by atoms with Crippen LogP contribution in [0.3, 0.4) is 0 Å². The van der Waals surface area contributed by atoms with E-state index in [1.165, 1.54) is 8.61 Å². The first-order valence-electron chi connectivity index (χ1n) is 7.34. The molecule has 0 N–H and O–H groups in total. The highest BCUT2D eigenvalue weighted by molar-refractivity contribution is 7.86. The molecule has 1 saturated heterocycles. The van der Waals surface area contributed by atoms with Crippen molar-refractivity contribution < 1.29 is 13.2 Å². The van der Waals surface area contributed by atoms with E-state index in [0.717, 1.165) is 16.3 Å². The highest BCUT2D eigenvalue weighted by Crippen LogP contribution is 2.18. The number of ether oxygens (including phenoxy) is 1. The summed E-state index contributed by atoms with van der Waals surface area (Å²) in [6.45, 7) is 2.13. The Morgan fingerprint density at radius 2 is 1.77 bits per heavy atom. The summed E-state index contributed by atoms with van der Waals surface area (Å²) in [5, 5.41) is 2.28. The molecule has 118 valence electrons. The van der Waals surface area contributed by atoms with Gasteiger partial charge in [-0.05, 0) is 22.4 Å². The van der Waals surface area contributed by atoms with Crippen molar-refractivity contribution >= 4 is 21.0 Å². The summed E-state index contributed by atoms with van der Waals surface area (Å²) in [5.41, 5.74) is 0.984. The van der Waals surface area contributed by atoms with Crippen molar-refractivity contribution in [1.82, 2.24) is 8.61 Å². The second-order valence-corrected chi connectivity index (χ2v) is 7.49. The zero-order valence-corrected chi connectivity index (χ0v) is 13.4. The summed E-state index contributed by atoms with van der Waals surface area (Å²) in [6.07, 6.45) is 0. The van der Waals surface area contributed by atoms with E-state index in [-0.39, 0.29) is 0 Å². The van der Waals surface area contributed by atoms with Gasteiger partial charge in [0.05, 0.1) is 13.2 Å². The average Bonchev–Trinajstić information content (AvgIpc) is 2.55. The molecule has 0 radical (unpaired) electrons. The molecule has 1 aliphatic rings. The summed E-state index contributed by atoms with van der Waals surface area (Å²) in [7, 11) is -1.80. The van der Waals surface area contributed by atoms with Crippen LogP contribution in [0, 0.1) is 0 Å². The smallest absolute Gasteiger partial charge is 0.282 e. The van der Waals surface area contributed by atoms with Crippen LogP contribution < -0.4 is 0 Å². The van der Waals surface area contributed by atoms with Gasteiger partial charge in [-0.1, -0.05) is 36.4 Å². The van der Waals surface area contributed by atoms with E-state index in [1.807, 2.05) is 42.5 Å². The molecule has 1 heterocycles. The molecular formula is C16H20N2O3S. The fourth-order valence-corrected chi connectivity index (χ4v) is 3.97. The molecule has 0 amide bonds. The van der Waals surface area contributed by atoms with E-state index >= 15 is 0 Å². The Morgan fingerprint density at radius 3 is 2.50 bits per heavy atom. The lowest BCUT2D eigenvalue weighted by atomic mass is 10.1. The van der Waals surface area contributed by atoms with Crippen molar-refractivity contribution in [2.75, 3.05) is 33.4 Å². The van der Waals surface area contributed by atoms with Crippen molar-refractivity contribution in [1.29, 1.82) is 0 Å². The lowest BCUT2D eigenvalue weighted by molar-refractivity contribution is 0.0705. The molecule has 0 saturated carbocycles. The van der Waals surface area contributed by atoms with E-state index in [4.69, 9.17) is 4.74 Å². The van der Waals surface area contributed by atoms with E-state index in [2.05, 4.69) is 0 Å². The number of benzene rings is 2. The van der Waals surface area contributed by atoms with Gasteiger partial charge in [-0.2, -0.15) is 17.0 Å². The second kappa shape index (κ2) is 6.34. The summed E-state index contributed by atoms with van der Waals surface area (Å²) in [5.74, 6) is 0. The minimum Gasteiger partial charge on any atom is -0.379 e. The van der Waals surface area contributed by atoms with Crippen LogP contribution in [0.5, 0.6) is 0 Å². The van der Waals surface area contributed by atoms with E-state index in [0.29, 0.717) is 32.8 Å². The molecule has 6 heteroatoms. The zero-order valence-electron chi connectivity index (χ0n) is 12.6. The third-order valence-corrected chi connectivity index (χ3v) is 5.84. The topological polar surface area (TPSA) is 49.9 Å². The van der Waals surface area contributed by atoms with Crippen LogP contribution in [-0.2, 0) is 21.5 Å². The molecule has 2 aromatic rings. The normalized spacial score (nSPS) is 17.2. The molecule has 1 fully saturated rings. The molecule has 0 atom stereocenters. The van der Waals surface area contributed by atoms with Gasteiger partial charge in [-0.15, -0.1) is 0 Å². The first-order chi connectivity index (χ1) is 10.6. The largest absolute Gasteiger partial charge is 0.379 e. The van der Waals surface area contributed by atoms with Gasteiger partial charge in [0.1, 0.15) is 0 Å². The van der Waals surface area contributed by atoms with Crippen LogP contribution in [0.15, 0.2) is 42.5 Å². The molecule has 0 aliphatic carbocycles. The van der Waals surface area contributed by atoms with Crippen molar-refractivity contribution in [3.8, 4) is 0 Å². The van der Waals surface area contributed by atoms with Crippen LogP contribution in [0.25, 0.3) is 10.8 Å². The quantitative estimate of drug-likeness (QED) is 0.864. The molecule has 1 aliphatic heterocycles. The lowest BCUT2D eigenvalue weighted by Gasteiger charge is -2.30. The van der Waals surface area contributed by atoms with Crippen LogP contribution in [0.1, 0.15) is 5.56 Å². The second-order valence-electron chi connectivity index (χ2n) is 5.46. The molecule has 0 bridgehead atoms. The van der Waals surface area contributed by atoms with E-state index in [9.17, 15) is 8.42 Å². The maximum atomic E-state index is 12.5. The van der Waals surface area contributed by atoms with Crippen molar-refractivity contribution in [3.05, 3.63) is 48.0 Å². The predicted octanol–water partition coefficient (Wildman–Crippen LogP) is 1.85. The Bertz CT molecular complexity index is 755. The molecule has 0 aromatic heterocycles. The Morgan fingerprint density at radius 1 is 1.09 bits per heavy atom. The van der Waals surface area contributed by atoms with E-state index in [1.54, 1.807) is 7.05 Å². The van der Waals surface area contributed by atoms with Crippen molar-refractivity contribution in [2.24, 2.45) is 0 Å². The van der Waals surface area contributed by atoms with Crippen LogP contribution in [0.4, 0.5) is 0 Å². The molecule has 22 heavy (non-hydrogen) atoms. The van der Waals surface area contributed by atoms with E-state index < -0.39 is 10.2 Å². The van der Waals surface area contributed by atoms with Gasteiger partial charge < -0.3 is 4.74 Å². The first-order valence-corrected chi connectivity index (χ1v) is 8.74. The number of morpholine rings is 1. The highest BCUT2D eigenvalue weighted by Gasteiger charge is 2.28. The van der Waals surface area contributed by atoms with Gasteiger partial charge in [-0.25, -0.2) is 0 Å². The average molecular weight is 320 g/mol. The van der Waals surface area contributed by atoms with Crippen LogP contribution in [-0.4, -0.2) is 50.4 Å². The van der Waals surface area contributed by atoms with Gasteiger partial charge in [-0.3, -0.25) is 0 Å². The Balaban J connectivity index is 1.78. The third kappa shape index (κ3) is 3.15. The van der Waals surface area contributed by atoms with Gasteiger partial charge >= 0.3 is 0 Å². The standard InChI is InChI=1S/C16H20N2O3S/c1-17(22(19,20)18-8-10-21-11-9-18)13-14-6-7-15-4-2-3-5-16(15)12-14/h2-7,12H,8-11,13H2,1H3. The Kier molecular flexibility index (Phi) is 4.44. The fraction of sp³-hybridized carbons (Fsp3) is 0.375. The summed E-state index contributed by atoms with van der Waals surface area (Å²) >= 11 is 0. The zero-order chi connectivity index (χ0) is 15.6. The molecule has 5 nitrogen and oxygen atoms in total. The predicted molar refractivity (Wildman–Crippen MR) is 86.7 cm³/mol. The van der Waals surface area contributed by atoms with Crippen molar-refractivity contribution in [3.63, 3.8) is 0 Å². The maximum absolute atomic E-state index is 12.5. The molecule has 0 unspecified atom stereocenters. The highest BCUT2D eigenvalue weighted by atomic mass is 32.2. The van der Waals surface area contributed by atoms with Crippen LogP contribution >= 0.6 is 0 Å². The number of hydrogen-bond acceptors (Lipinski definition) is 3. The van der Waals surface area contributed by atoms with Gasteiger partial charge in [0.15, 0.2) is 0 Å². The molecule has 3 rings (SSSR count). The minimum absolute atomic E-state index is 0.366. The minimum atomic E-state index is -3.43. The van der Waals surface area contributed by atoms with Gasteiger partial charge in [0, 0.05) is 26.7 Å². The summed E-state index contributed by atoms with van der Waals surface area (Å²) in [6, 6.07) is 14.1. The van der Waals surface area contributed by atoms with Gasteiger partial charge in [0.2, 0.25) is 0 Å². The summed E-state index contributed by atoms with van der Waals surface area (Å²) < 4.78 is 33.2. The fourth-order valence-electron chi connectivity index (χ4n) is 2.65. The Labute approximate surface area is 131 Å².